The van der Waals surface area contributed by atoms with E-state index in [-0.39, 0.29) is 6.04 Å². The second kappa shape index (κ2) is 4.50. The van der Waals surface area contributed by atoms with E-state index in [0.717, 1.165) is 9.13 Å². The van der Waals surface area contributed by atoms with E-state index in [4.69, 9.17) is 10.2 Å². The van der Waals surface area contributed by atoms with Gasteiger partial charge in [0.25, 0.3) is 0 Å². The lowest BCUT2D eigenvalue weighted by atomic mass is 10.1. The number of aryl methyl sites for hydroxylation is 1. The number of hydrogen-bond donors (Lipinski definition) is 1. The molecule has 2 rings (SSSR count). The van der Waals surface area contributed by atoms with Gasteiger partial charge in [-0.15, -0.1) is 10.2 Å². The van der Waals surface area contributed by atoms with Gasteiger partial charge in [0, 0.05) is 3.57 Å². The molecule has 0 aliphatic carbocycles. The van der Waals surface area contributed by atoms with Gasteiger partial charge in [-0.05, 0) is 48.1 Å². The second-order valence-corrected chi connectivity index (χ2v) is 4.75. The van der Waals surface area contributed by atoms with E-state index in [1.807, 2.05) is 32.0 Å². The van der Waals surface area contributed by atoms with Gasteiger partial charge in [0.1, 0.15) is 0 Å². The number of rotatable bonds is 2. The van der Waals surface area contributed by atoms with Crippen LogP contribution in [0.2, 0.25) is 0 Å². The predicted molar refractivity (Wildman–Crippen MR) is 69.8 cm³/mol. The van der Waals surface area contributed by atoms with Crippen molar-refractivity contribution in [3.63, 3.8) is 0 Å². The molecular formula is C11H12IN3O. The molecule has 0 aliphatic rings. The summed E-state index contributed by atoms with van der Waals surface area (Å²) in [7, 11) is 0. The lowest BCUT2D eigenvalue weighted by Gasteiger charge is -2.02. The van der Waals surface area contributed by atoms with Crippen LogP contribution in [0.25, 0.3) is 11.5 Å². The van der Waals surface area contributed by atoms with Crippen molar-refractivity contribution in [2.24, 2.45) is 5.73 Å². The van der Waals surface area contributed by atoms with Crippen molar-refractivity contribution in [2.45, 2.75) is 19.9 Å². The minimum absolute atomic E-state index is 0.233. The number of hydrogen-bond acceptors (Lipinski definition) is 4. The zero-order valence-corrected chi connectivity index (χ0v) is 11.2. The number of nitrogens with zero attached hydrogens (tertiary/aromatic N) is 2. The fraction of sp³-hybridized carbons (Fsp3) is 0.273. The molecule has 1 unspecified atom stereocenters. The van der Waals surface area contributed by atoms with Crippen molar-refractivity contribution in [3.8, 4) is 11.5 Å². The molecule has 16 heavy (non-hydrogen) atoms. The average Bonchev–Trinajstić information content (AvgIpc) is 2.71. The van der Waals surface area contributed by atoms with Gasteiger partial charge in [-0.1, -0.05) is 12.1 Å². The largest absolute Gasteiger partial charge is 0.419 e. The van der Waals surface area contributed by atoms with E-state index in [1.165, 1.54) is 5.56 Å². The second-order valence-electron chi connectivity index (χ2n) is 3.67. The summed E-state index contributed by atoms with van der Waals surface area (Å²) in [5.74, 6) is 0.993. The molecule has 0 radical (unpaired) electrons. The highest BCUT2D eigenvalue weighted by Crippen LogP contribution is 2.27. The van der Waals surface area contributed by atoms with Gasteiger partial charge >= 0.3 is 0 Å². The Balaban J connectivity index is 2.47. The molecule has 0 fully saturated rings. The summed E-state index contributed by atoms with van der Waals surface area (Å²) in [6.45, 7) is 3.87. The number of nitrogens with two attached hydrogens (primary N) is 1. The van der Waals surface area contributed by atoms with Crippen LogP contribution in [0.15, 0.2) is 22.6 Å². The van der Waals surface area contributed by atoms with Gasteiger partial charge < -0.3 is 10.2 Å². The first-order chi connectivity index (χ1) is 7.59. The standard InChI is InChI=1S/C11H12IN3O/c1-6-4-3-5-8(9(6)12)11-15-14-10(16-11)7(2)13/h3-5,7H,13H2,1-2H3. The van der Waals surface area contributed by atoms with Gasteiger partial charge in [0.2, 0.25) is 11.8 Å². The molecule has 0 saturated carbocycles. The number of benzene rings is 1. The van der Waals surface area contributed by atoms with Crippen molar-refractivity contribution < 1.29 is 4.42 Å². The minimum atomic E-state index is -0.233. The molecule has 2 N–H and O–H groups in total. The third kappa shape index (κ3) is 2.10. The van der Waals surface area contributed by atoms with E-state index in [2.05, 4.69) is 32.8 Å². The summed E-state index contributed by atoms with van der Waals surface area (Å²) < 4.78 is 6.64. The zero-order chi connectivity index (χ0) is 11.7. The monoisotopic (exact) mass is 329 g/mol. The first-order valence-electron chi connectivity index (χ1n) is 4.94. The molecule has 1 aromatic heterocycles. The first kappa shape index (κ1) is 11.5. The third-order valence-corrected chi connectivity index (χ3v) is 3.68. The molecule has 1 heterocycles. The highest BCUT2D eigenvalue weighted by molar-refractivity contribution is 14.1. The van der Waals surface area contributed by atoms with Crippen LogP contribution >= 0.6 is 22.6 Å². The van der Waals surface area contributed by atoms with Crippen LogP contribution in [-0.4, -0.2) is 10.2 Å². The quantitative estimate of drug-likeness (QED) is 0.861. The molecule has 2 aromatic rings. The molecule has 84 valence electrons. The molecule has 5 heteroatoms. The van der Waals surface area contributed by atoms with Crippen LogP contribution in [0.1, 0.15) is 24.4 Å². The zero-order valence-electron chi connectivity index (χ0n) is 9.07. The van der Waals surface area contributed by atoms with E-state index >= 15 is 0 Å². The lowest BCUT2D eigenvalue weighted by molar-refractivity contribution is 0.473. The summed E-state index contributed by atoms with van der Waals surface area (Å²) in [6.07, 6.45) is 0. The van der Waals surface area contributed by atoms with Crippen LogP contribution in [0.3, 0.4) is 0 Å². The molecule has 1 atom stereocenters. The Morgan fingerprint density at radius 2 is 2.12 bits per heavy atom. The molecule has 1 aromatic carbocycles. The highest BCUT2D eigenvalue weighted by Gasteiger charge is 2.14. The van der Waals surface area contributed by atoms with E-state index in [9.17, 15) is 0 Å². The van der Waals surface area contributed by atoms with Gasteiger partial charge in [-0.3, -0.25) is 0 Å². The molecule has 0 amide bonds. The van der Waals surface area contributed by atoms with Crippen molar-refractivity contribution in [1.82, 2.24) is 10.2 Å². The van der Waals surface area contributed by atoms with Crippen molar-refractivity contribution >= 4 is 22.6 Å². The summed E-state index contributed by atoms with van der Waals surface area (Å²) in [5, 5.41) is 7.93. The Kier molecular flexibility index (Phi) is 3.25. The molecule has 0 spiro atoms. The smallest absolute Gasteiger partial charge is 0.248 e. The van der Waals surface area contributed by atoms with Gasteiger partial charge in [-0.2, -0.15) is 0 Å². The fourth-order valence-corrected chi connectivity index (χ4v) is 1.93. The normalized spacial score (nSPS) is 12.8. The summed E-state index contributed by atoms with van der Waals surface area (Å²) in [6, 6.07) is 5.76. The third-order valence-electron chi connectivity index (χ3n) is 2.25. The van der Waals surface area contributed by atoms with Gasteiger partial charge in [0.15, 0.2) is 0 Å². The predicted octanol–water partition coefficient (Wildman–Crippen LogP) is 2.67. The topological polar surface area (TPSA) is 64.9 Å². The van der Waals surface area contributed by atoms with Gasteiger partial charge in [-0.25, -0.2) is 0 Å². The number of aromatic nitrogens is 2. The molecular weight excluding hydrogens is 317 g/mol. The van der Waals surface area contributed by atoms with Crippen LogP contribution in [-0.2, 0) is 0 Å². The van der Waals surface area contributed by atoms with Crippen molar-refractivity contribution in [3.05, 3.63) is 33.2 Å². The first-order valence-corrected chi connectivity index (χ1v) is 6.02. The maximum absolute atomic E-state index is 5.67. The Morgan fingerprint density at radius 3 is 2.75 bits per heavy atom. The molecule has 4 nitrogen and oxygen atoms in total. The Bertz CT molecular complexity index is 508. The number of halogens is 1. The van der Waals surface area contributed by atoms with E-state index < -0.39 is 0 Å². The van der Waals surface area contributed by atoms with E-state index in [0.29, 0.717) is 11.8 Å². The SMILES string of the molecule is Cc1cccc(-c2nnc(C(C)N)o2)c1I. The highest BCUT2D eigenvalue weighted by atomic mass is 127. The minimum Gasteiger partial charge on any atom is -0.419 e. The molecule has 0 saturated heterocycles. The van der Waals surface area contributed by atoms with Gasteiger partial charge in [0.05, 0.1) is 11.6 Å². The Morgan fingerprint density at radius 1 is 1.38 bits per heavy atom. The Hall–Kier alpha value is -0.950. The Labute approximate surface area is 107 Å². The molecule has 0 bridgehead atoms. The molecule has 0 aliphatic heterocycles. The average molecular weight is 329 g/mol. The van der Waals surface area contributed by atoms with Crippen LogP contribution < -0.4 is 5.73 Å². The van der Waals surface area contributed by atoms with Crippen molar-refractivity contribution in [2.75, 3.05) is 0 Å². The van der Waals surface area contributed by atoms with Crippen LogP contribution in [0, 0.1) is 10.5 Å². The summed E-state index contributed by atoms with van der Waals surface area (Å²) in [5.41, 5.74) is 7.83. The van der Waals surface area contributed by atoms with Crippen LogP contribution in [0.4, 0.5) is 0 Å². The lowest BCUT2D eigenvalue weighted by Crippen LogP contribution is -2.04. The van der Waals surface area contributed by atoms with Crippen molar-refractivity contribution in [1.29, 1.82) is 0 Å². The van der Waals surface area contributed by atoms with E-state index in [1.54, 1.807) is 0 Å². The maximum Gasteiger partial charge on any atom is 0.248 e. The fourth-order valence-electron chi connectivity index (χ4n) is 1.34. The summed E-state index contributed by atoms with van der Waals surface area (Å²) in [4.78, 5) is 0. The maximum atomic E-state index is 5.67. The van der Waals surface area contributed by atoms with Crippen LogP contribution in [0.5, 0.6) is 0 Å². The summed E-state index contributed by atoms with van der Waals surface area (Å²) >= 11 is 2.28.